The molecule has 116 valence electrons. The first kappa shape index (κ1) is 21.8. The van der Waals surface area contributed by atoms with E-state index in [1.54, 1.807) is 0 Å². The molecule has 0 saturated heterocycles. The van der Waals surface area contributed by atoms with Gasteiger partial charge in [0.1, 0.15) is 0 Å². The third-order valence-corrected chi connectivity index (χ3v) is 3.43. The second-order valence-corrected chi connectivity index (χ2v) is 6.72. The van der Waals surface area contributed by atoms with Crippen molar-refractivity contribution in [2.45, 2.75) is 46.6 Å². The monoisotopic (exact) mass is 331 g/mol. The van der Waals surface area contributed by atoms with Gasteiger partial charge in [-0.2, -0.15) is 0 Å². The van der Waals surface area contributed by atoms with Gasteiger partial charge in [-0.3, -0.25) is 10.0 Å². The number of hydrogen-bond donors (Lipinski definition) is 1. The fourth-order valence-corrected chi connectivity index (χ4v) is 1.76. The molecule has 6 heteroatoms. The molecule has 0 saturated carbocycles. The Morgan fingerprint density at radius 3 is 1.91 bits per heavy atom. The molecule has 0 atom stereocenters. The minimum Gasteiger partial charge on any atom is -0.549 e. The zero-order chi connectivity index (χ0) is 16.4. The minimum atomic E-state index is -1.76. The Kier molecular flexibility index (Phi) is 7.94. The van der Waals surface area contributed by atoms with E-state index in [0.717, 1.165) is 5.56 Å². The first-order valence-electron chi connectivity index (χ1n) is 6.78. The van der Waals surface area contributed by atoms with E-state index < -0.39 is 17.3 Å². The summed E-state index contributed by atoms with van der Waals surface area (Å²) in [4.78, 5) is 22.8. The van der Waals surface area contributed by atoms with E-state index in [0.29, 0.717) is 10.6 Å². The van der Waals surface area contributed by atoms with Crippen molar-refractivity contribution in [3.63, 3.8) is 0 Å². The van der Waals surface area contributed by atoms with Crippen LogP contribution in [0.15, 0.2) is 24.3 Å². The average Bonchev–Trinajstić information content (AvgIpc) is 2.37. The van der Waals surface area contributed by atoms with Crippen molar-refractivity contribution in [2.24, 2.45) is 5.41 Å². The van der Waals surface area contributed by atoms with Crippen LogP contribution in [0.4, 0.5) is 0 Å². The Balaban J connectivity index is 0.00000441. The summed E-state index contributed by atoms with van der Waals surface area (Å²) in [7, 11) is 0. The van der Waals surface area contributed by atoms with Gasteiger partial charge >= 0.3 is 51.4 Å². The summed E-state index contributed by atoms with van der Waals surface area (Å²) in [6.45, 7) is 8.61. The fraction of sp³-hybridized carbons (Fsp3) is 0.500. The first-order valence-corrected chi connectivity index (χ1v) is 6.78. The normalized spacial score (nSPS) is 11.5. The Labute approximate surface area is 174 Å². The molecule has 0 aromatic heterocycles. The topological polar surface area (TPSA) is 80.7 Å². The van der Waals surface area contributed by atoms with Crippen molar-refractivity contribution >= 4 is 11.9 Å². The van der Waals surface area contributed by atoms with Gasteiger partial charge in [-0.1, -0.05) is 45.0 Å². The fourth-order valence-electron chi connectivity index (χ4n) is 1.76. The summed E-state index contributed by atoms with van der Waals surface area (Å²) >= 11 is 0. The molecule has 22 heavy (non-hydrogen) atoms. The van der Waals surface area contributed by atoms with Crippen LogP contribution in [0, 0.1) is 5.41 Å². The van der Waals surface area contributed by atoms with E-state index in [9.17, 15) is 19.9 Å². The van der Waals surface area contributed by atoms with Crippen LogP contribution < -0.4 is 56.5 Å². The van der Waals surface area contributed by atoms with Crippen LogP contribution in [0.25, 0.3) is 0 Å². The third kappa shape index (κ3) is 5.44. The first-order chi connectivity index (χ1) is 9.46. The van der Waals surface area contributed by atoms with Gasteiger partial charge < -0.3 is 9.90 Å². The van der Waals surface area contributed by atoms with E-state index in [4.69, 9.17) is 0 Å². The van der Waals surface area contributed by atoms with Crippen LogP contribution in [0.1, 0.15) is 45.7 Å². The SMILES string of the molecule is CC(C)(C(=O)[O-])C(=O)N(O)Cc1ccc(C(C)(C)C)cc1.[K+]. The summed E-state index contributed by atoms with van der Waals surface area (Å²) in [6, 6.07) is 7.47. The van der Waals surface area contributed by atoms with Crippen LogP contribution >= 0.6 is 0 Å². The summed E-state index contributed by atoms with van der Waals surface area (Å²) in [6.07, 6.45) is 0. The van der Waals surface area contributed by atoms with Crippen molar-refractivity contribution in [3.05, 3.63) is 35.4 Å². The minimum absolute atomic E-state index is 0. The average molecular weight is 331 g/mol. The van der Waals surface area contributed by atoms with Gasteiger partial charge in [-0.15, -0.1) is 0 Å². The van der Waals surface area contributed by atoms with E-state index in [-0.39, 0.29) is 63.3 Å². The predicted octanol–water partition coefficient (Wildman–Crippen LogP) is -1.52. The molecule has 1 aromatic carbocycles. The molecule has 0 aliphatic heterocycles. The van der Waals surface area contributed by atoms with Crippen molar-refractivity contribution in [1.82, 2.24) is 5.06 Å². The standard InChI is InChI=1S/C16H23NO4.K/c1-15(2,3)12-8-6-11(7-9-12)10-17(21)13(18)16(4,5)14(19)20;/h6-9,21H,10H2,1-5H3,(H,19,20);/q;+1/p-1. The molecule has 0 bridgehead atoms. The number of carboxylic acid groups (broad SMARTS) is 1. The molecule has 0 spiro atoms. The van der Waals surface area contributed by atoms with E-state index in [1.165, 1.54) is 13.8 Å². The van der Waals surface area contributed by atoms with Crippen LogP contribution in [-0.4, -0.2) is 22.1 Å². The van der Waals surface area contributed by atoms with Crippen molar-refractivity contribution in [3.8, 4) is 0 Å². The molecule has 1 amide bonds. The molecular weight excluding hydrogens is 309 g/mol. The summed E-state index contributed by atoms with van der Waals surface area (Å²) < 4.78 is 0. The Hall–Kier alpha value is -0.244. The molecule has 1 rings (SSSR count). The van der Waals surface area contributed by atoms with Crippen molar-refractivity contribution in [1.29, 1.82) is 0 Å². The Bertz CT molecular complexity index is 532. The quantitative estimate of drug-likeness (QED) is 0.315. The van der Waals surface area contributed by atoms with Gasteiger partial charge in [0.15, 0.2) is 0 Å². The smallest absolute Gasteiger partial charge is 0.549 e. The van der Waals surface area contributed by atoms with E-state index >= 15 is 0 Å². The predicted molar refractivity (Wildman–Crippen MR) is 76.3 cm³/mol. The molecular formula is C16H22KNO4. The Morgan fingerprint density at radius 1 is 1.09 bits per heavy atom. The second-order valence-electron chi connectivity index (χ2n) is 6.72. The number of aliphatic carboxylic acids is 1. The summed E-state index contributed by atoms with van der Waals surface area (Å²) in [5, 5.41) is 21.1. The number of rotatable bonds is 4. The van der Waals surface area contributed by atoms with Gasteiger partial charge in [-0.05, 0) is 30.4 Å². The molecule has 0 fully saturated rings. The van der Waals surface area contributed by atoms with Gasteiger partial charge in [0.2, 0.25) is 0 Å². The molecule has 5 nitrogen and oxygen atoms in total. The van der Waals surface area contributed by atoms with Crippen LogP contribution in [0.3, 0.4) is 0 Å². The third-order valence-electron chi connectivity index (χ3n) is 3.43. The van der Waals surface area contributed by atoms with Crippen LogP contribution in [-0.2, 0) is 21.5 Å². The summed E-state index contributed by atoms with van der Waals surface area (Å²) in [5.74, 6) is -2.42. The summed E-state index contributed by atoms with van der Waals surface area (Å²) in [5.41, 5.74) is 0.106. The van der Waals surface area contributed by atoms with Crippen molar-refractivity contribution < 1.29 is 71.3 Å². The van der Waals surface area contributed by atoms with Crippen molar-refractivity contribution in [2.75, 3.05) is 0 Å². The number of nitrogens with zero attached hydrogens (tertiary/aromatic N) is 1. The number of carbonyl (C=O) groups is 2. The number of hydrogen-bond acceptors (Lipinski definition) is 4. The van der Waals surface area contributed by atoms with Gasteiger partial charge in [-0.25, -0.2) is 5.06 Å². The number of carboxylic acids is 1. The number of amides is 1. The van der Waals surface area contributed by atoms with E-state index in [2.05, 4.69) is 20.8 Å². The molecule has 0 unspecified atom stereocenters. The molecule has 0 aliphatic rings. The van der Waals surface area contributed by atoms with Gasteiger partial charge in [0.25, 0.3) is 5.91 Å². The molecule has 0 heterocycles. The van der Waals surface area contributed by atoms with Crippen LogP contribution in [0.2, 0.25) is 0 Å². The van der Waals surface area contributed by atoms with E-state index in [1.807, 2.05) is 24.3 Å². The molecule has 1 aromatic rings. The molecule has 0 radical (unpaired) electrons. The maximum absolute atomic E-state index is 11.9. The zero-order valence-electron chi connectivity index (χ0n) is 14.1. The number of hydroxylamine groups is 2. The second kappa shape index (κ2) is 8.03. The maximum atomic E-state index is 11.9. The maximum Gasteiger partial charge on any atom is 1.00 e. The number of benzene rings is 1. The van der Waals surface area contributed by atoms with Gasteiger partial charge in [0.05, 0.1) is 17.9 Å². The number of carbonyl (C=O) groups excluding carboxylic acids is 2. The molecule has 1 N–H and O–H groups in total. The molecule has 0 aliphatic carbocycles. The van der Waals surface area contributed by atoms with Gasteiger partial charge in [0, 0.05) is 0 Å². The zero-order valence-corrected chi connectivity index (χ0v) is 17.3. The van der Waals surface area contributed by atoms with Crippen LogP contribution in [0.5, 0.6) is 0 Å². The Morgan fingerprint density at radius 2 is 1.55 bits per heavy atom. The largest absolute Gasteiger partial charge is 1.00 e.